The molecule has 0 amide bonds. The van der Waals surface area contributed by atoms with Crippen molar-refractivity contribution in [1.29, 1.82) is 0 Å². The first kappa shape index (κ1) is 12.3. The minimum atomic E-state index is 0.345. The largest absolute Gasteiger partial charge is 0.335 e. The number of imidazole rings is 1. The Morgan fingerprint density at radius 3 is 2.94 bits per heavy atom. The van der Waals surface area contributed by atoms with Crippen LogP contribution in [0.1, 0.15) is 51.3 Å². The van der Waals surface area contributed by atoms with Crippen LogP contribution in [0.4, 0.5) is 0 Å². The first-order valence-electron chi connectivity index (χ1n) is 6.81. The summed E-state index contributed by atoms with van der Waals surface area (Å²) in [7, 11) is 0. The smallest absolute Gasteiger partial charge is 0.140 e. The zero-order valence-electron chi connectivity index (χ0n) is 10.7. The minimum Gasteiger partial charge on any atom is -0.335 e. The van der Waals surface area contributed by atoms with Crippen molar-refractivity contribution in [2.45, 2.75) is 58.4 Å². The van der Waals surface area contributed by atoms with Crippen molar-refractivity contribution < 1.29 is 4.79 Å². The van der Waals surface area contributed by atoms with Crippen LogP contribution in [0.5, 0.6) is 0 Å². The number of nitrogens with zero attached hydrogens (tertiary/aromatic N) is 2. The van der Waals surface area contributed by atoms with Crippen LogP contribution in [0.2, 0.25) is 0 Å². The monoisotopic (exact) mass is 234 g/mol. The van der Waals surface area contributed by atoms with Gasteiger partial charge in [0.15, 0.2) is 0 Å². The van der Waals surface area contributed by atoms with E-state index in [1.54, 1.807) is 6.20 Å². The summed E-state index contributed by atoms with van der Waals surface area (Å²) in [5.74, 6) is 2.08. The maximum atomic E-state index is 11.9. The molecule has 1 fully saturated rings. The Morgan fingerprint density at radius 2 is 2.24 bits per heavy atom. The number of aryl methyl sites for hydroxylation is 1. The van der Waals surface area contributed by atoms with Crippen molar-refractivity contribution in [3.05, 3.63) is 18.2 Å². The third-order valence-electron chi connectivity index (χ3n) is 3.80. The average Bonchev–Trinajstić information content (AvgIpc) is 2.97. The lowest BCUT2D eigenvalue weighted by Gasteiger charge is -2.08. The lowest BCUT2D eigenvalue weighted by molar-refractivity contribution is -0.118. The van der Waals surface area contributed by atoms with Crippen LogP contribution >= 0.6 is 0 Å². The number of rotatable bonds is 6. The standard InChI is InChI=1S/C14H22N2O/c1-2-16-10-9-15-14(16)11-13(17)8-7-12-5-3-4-6-12/h9-10,12H,2-8,11H2,1H3. The molecule has 0 radical (unpaired) electrons. The van der Waals surface area contributed by atoms with Crippen LogP contribution in [0.3, 0.4) is 0 Å². The summed E-state index contributed by atoms with van der Waals surface area (Å²) in [6, 6.07) is 0. The number of carbonyl (C=O) groups is 1. The maximum absolute atomic E-state index is 11.9. The highest BCUT2D eigenvalue weighted by atomic mass is 16.1. The molecule has 1 saturated carbocycles. The van der Waals surface area contributed by atoms with Crippen molar-refractivity contribution in [1.82, 2.24) is 9.55 Å². The molecule has 17 heavy (non-hydrogen) atoms. The number of Topliss-reactive ketones (excluding diaryl/α,β-unsaturated/α-hetero) is 1. The summed E-state index contributed by atoms with van der Waals surface area (Å²) in [4.78, 5) is 16.1. The number of ketones is 1. The Balaban J connectivity index is 1.76. The van der Waals surface area contributed by atoms with E-state index in [1.165, 1.54) is 25.7 Å². The second kappa shape index (κ2) is 5.99. The van der Waals surface area contributed by atoms with Crippen LogP contribution in [0.15, 0.2) is 12.4 Å². The molecule has 2 rings (SSSR count). The topological polar surface area (TPSA) is 34.9 Å². The van der Waals surface area contributed by atoms with Crippen molar-refractivity contribution in [3.8, 4) is 0 Å². The Labute approximate surface area is 103 Å². The number of hydrogen-bond donors (Lipinski definition) is 0. The van der Waals surface area contributed by atoms with Gasteiger partial charge in [0.1, 0.15) is 11.6 Å². The highest BCUT2D eigenvalue weighted by Gasteiger charge is 2.16. The fourth-order valence-electron chi connectivity index (χ4n) is 2.72. The van der Waals surface area contributed by atoms with Crippen LogP contribution in [-0.4, -0.2) is 15.3 Å². The van der Waals surface area contributed by atoms with Gasteiger partial charge in [-0.15, -0.1) is 0 Å². The van der Waals surface area contributed by atoms with Crippen molar-refractivity contribution in [3.63, 3.8) is 0 Å². The number of hydrogen-bond acceptors (Lipinski definition) is 2. The van der Waals surface area contributed by atoms with Gasteiger partial charge in [0.05, 0.1) is 6.42 Å². The van der Waals surface area contributed by atoms with Gasteiger partial charge in [-0.25, -0.2) is 4.98 Å². The summed E-state index contributed by atoms with van der Waals surface area (Å²) >= 11 is 0. The number of aromatic nitrogens is 2. The van der Waals surface area contributed by atoms with E-state index in [-0.39, 0.29) is 0 Å². The van der Waals surface area contributed by atoms with Crippen molar-refractivity contribution in [2.75, 3.05) is 0 Å². The van der Waals surface area contributed by atoms with Crippen LogP contribution in [0.25, 0.3) is 0 Å². The van der Waals surface area contributed by atoms with Gasteiger partial charge in [-0.1, -0.05) is 25.7 Å². The van der Waals surface area contributed by atoms with Gasteiger partial charge in [0, 0.05) is 25.4 Å². The lowest BCUT2D eigenvalue weighted by Crippen LogP contribution is -2.10. The molecule has 0 aromatic carbocycles. The molecule has 0 aliphatic heterocycles. The molecule has 0 unspecified atom stereocenters. The first-order chi connectivity index (χ1) is 8.29. The van der Waals surface area contributed by atoms with Gasteiger partial charge in [-0.05, 0) is 19.3 Å². The van der Waals surface area contributed by atoms with E-state index in [0.717, 1.165) is 31.1 Å². The fourth-order valence-corrected chi connectivity index (χ4v) is 2.72. The molecule has 3 nitrogen and oxygen atoms in total. The summed E-state index contributed by atoms with van der Waals surface area (Å²) in [5, 5.41) is 0. The molecular weight excluding hydrogens is 212 g/mol. The van der Waals surface area contributed by atoms with E-state index in [4.69, 9.17) is 0 Å². The van der Waals surface area contributed by atoms with Crippen LogP contribution in [-0.2, 0) is 17.8 Å². The Bertz CT molecular complexity index is 364. The lowest BCUT2D eigenvalue weighted by atomic mass is 9.99. The summed E-state index contributed by atoms with van der Waals surface area (Å²) < 4.78 is 2.05. The normalized spacial score (nSPS) is 16.5. The van der Waals surface area contributed by atoms with E-state index in [0.29, 0.717) is 12.2 Å². The van der Waals surface area contributed by atoms with Crippen molar-refractivity contribution in [2.24, 2.45) is 5.92 Å². The van der Waals surface area contributed by atoms with Gasteiger partial charge in [0.2, 0.25) is 0 Å². The molecule has 1 aliphatic carbocycles. The molecule has 0 bridgehead atoms. The zero-order valence-corrected chi connectivity index (χ0v) is 10.7. The van der Waals surface area contributed by atoms with Gasteiger partial charge in [0.25, 0.3) is 0 Å². The van der Waals surface area contributed by atoms with E-state index in [1.807, 2.05) is 10.8 Å². The molecule has 0 atom stereocenters. The quantitative estimate of drug-likeness (QED) is 0.758. The maximum Gasteiger partial charge on any atom is 0.140 e. The fraction of sp³-hybridized carbons (Fsp3) is 0.714. The van der Waals surface area contributed by atoms with Gasteiger partial charge in [-0.2, -0.15) is 0 Å². The Morgan fingerprint density at radius 1 is 1.47 bits per heavy atom. The van der Waals surface area contributed by atoms with E-state index < -0.39 is 0 Å². The minimum absolute atomic E-state index is 0.345. The average molecular weight is 234 g/mol. The third-order valence-corrected chi connectivity index (χ3v) is 3.80. The van der Waals surface area contributed by atoms with Gasteiger partial charge in [-0.3, -0.25) is 4.79 Å². The molecule has 94 valence electrons. The Kier molecular flexibility index (Phi) is 4.35. The van der Waals surface area contributed by atoms with E-state index in [2.05, 4.69) is 11.9 Å². The van der Waals surface area contributed by atoms with Crippen LogP contribution in [0, 0.1) is 5.92 Å². The molecule has 0 N–H and O–H groups in total. The Hall–Kier alpha value is -1.12. The molecular formula is C14H22N2O. The predicted molar refractivity (Wildman–Crippen MR) is 67.8 cm³/mol. The summed E-state index contributed by atoms with van der Waals surface area (Å²) in [6.45, 7) is 2.97. The summed E-state index contributed by atoms with van der Waals surface area (Å²) in [5.41, 5.74) is 0. The predicted octanol–water partition coefficient (Wildman–Crippen LogP) is 2.99. The third kappa shape index (κ3) is 3.42. The molecule has 1 heterocycles. The molecule has 1 aromatic rings. The molecule has 1 aliphatic rings. The van der Waals surface area contributed by atoms with Gasteiger partial charge < -0.3 is 4.57 Å². The van der Waals surface area contributed by atoms with Crippen LogP contribution < -0.4 is 0 Å². The van der Waals surface area contributed by atoms with Gasteiger partial charge >= 0.3 is 0 Å². The highest BCUT2D eigenvalue weighted by Crippen LogP contribution is 2.28. The van der Waals surface area contributed by atoms with E-state index in [9.17, 15) is 4.79 Å². The summed E-state index contributed by atoms with van der Waals surface area (Å²) in [6.07, 6.45) is 11.4. The highest BCUT2D eigenvalue weighted by molar-refractivity contribution is 5.80. The molecule has 3 heteroatoms. The zero-order chi connectivity index (χ0) is 12.1. The first-order valence-corrected chi connectivity index (χ1v) is 6.81. The molecule has 0 saturated heterocycles. The SMILES string of the molecule is CCn1ccnc1CC(=O)CCC1CCCC1. The second-order valence-corrected chi connectivity index (χ2v) is 5.03. The van der Waals surface area contributed by atoms with Crippen molar-refractivity contribution >= 4 is 5.78 Å². The second-order valence-electron chi connectivity index (χ2n) is 5.03. The number of carbonyl (C=O) groups excluding carboxylic acids is 1. The van der Waals surface area contributed by atoms with E-state index >= 15 is 0 Å². The molecule has 1 aromatic heterocycles. The molecule has 0 spiro atoms.